The number of benzene rings is 1. The minimum absolute atomic E-state index is 0.177. The van der Waals surface area contributed by atoms with Gasteiger partial charge in [0.05, 0.1) is 28.3 Å². The number of nitrogens with zero attached hydrogens (tertiary/aromatic N) is 3. The number of carbonyl (C=O) groups excluding carboxylic acids is 2. The van der Waals surface area contributed by atoms with Gasteiger partial charge in [0.15, 0.2) is 5.60 Å². The number of aromatic nitrogens is 1. The maximum Gasteiger partial charge on any atom is 0.410 e. The Labute approximate surface area is 143 Å². The van der Waals surface area contributed by atoms with Gasteiger partial charge in [-0.05, 0) is 25.1 Å². The summed E-state index contributed by atoms with van der Waals surface area (Å²) in [7, 11) is 1.71. The summed E-state index contributed by atoms with van der Waals surface area (Å²) in [5.74, 6) is 0. The molecule has 8 heteroatoms. The van der Waals surface area contributed by atoms with Crippen LogP contribution in [0.2, 0.25) is 0 Å². The Kier molecular flexibility index (Phi) is 3.38. The summed E-state index contributed by atoms with van der Waals surface area (Å²) in [4.78, 5) is 31.8. The van der Waals surface area contributed by atoms with Gasteiger partial charge in [-0.15, -0.1) is 11.3 Å². The average molecular weight is 346 g/mol. The molecular formula is C16H18N4O3S. The van der Waals surface area contributed by atoms with Gasteiger partial charge in [0.1, 0.15) is 0 Å². The van der Waals surface area contributed by atoms with Crippen molar-refractivity contribution in [2.45, 2.75) is 18.9 Å². The number of anilines is 1. The number of urea groups is 1. The molecule has 0 bridgehead atoms. The first-order valence-electron chi connectivity index (χ1n) is 7.81. The van der Waals surface area contributed by atoms with Crippen LogP contribution in [-0.2, 0) is 4.74 Å². The van der Waals surface area contributed by atoms with E-state index in [1.54, 1.807) is 28.2 Å². The van der Waals surface area contributed by atoms with Crippen LogP contribution in [0.3, 0.4) is 0 Å². The summed E-state index contributed by atoms with van der Waals surface area (Å²) in [5.41, 5.74) is 1.05. The number of likely N-dealkylation sites (N-methyl/N-ethyl adjacent to an activating group) is 1. The molecular weight excluding hydrogens is 328 g/mol. The number of fused-ring (bicyclic) bond motifs is 1. The molecule has 1 N–H and O–H groups in total. The summed E-state index contributed by atoms with van der Waals surface area (Å²) < 4.78 is 6.57. The van der Waals surface area contributed by atoms with Gasteiger partial charge in [-0.1, -0.05) is 0 Å². The third-order valence-electron chi connectivity index (χ3n) is 4.49. The van der Waals surface area contributed by atoms with Gasteiger partial charge in [-0.3, -0.25) is 0 Å². The molecule has 3 amide bonds. The van der Waals surface area contributed by atoms with Crippen molar-refractivity contribution in [2.24, 2.45) is 0 Å². The van der Waals surface area contributed by atoms with Crippen LogP contribution in [0.5, 0.6) is 0 Å². The average Bonchev–Trinajstić information content (AvgIpc) is 3.17. The predicted molar refractivity (Wildman–Crippen MR) is 91.4 cm³/mol. The minimum atomic E-state index is -0.556. The number of rotatable bonds is 1. The highest BCUT2D eigenvalue weighted by Crippen LogP contribution is 2.32. The number of likely N-dealkylation sites (tertiary alicyclic amines) is 1. The Morgan fingerprint density at radius 3 is 3.00 bits per heavy atom. The van der Waals surface area contributed by atoms with Crippen molar-refractivity contribution in [3.8, 4) is 0 Å². The molecule has 2 aromatic rings. The quantitative estimate of drug-likeness (QED) is 0.861. The summed E-state index contributed by atoms with van der Waals surface area (Å²) in [6, 6.07) is 5.55. The molecule has 0 aliphatic carbocycles. The van der Waals surface area contributed by atoms with E-state index < -0.39 is 5.60 Å². The highest BCUT2D eigenvalue weighted by Gasteiger charge is 2.49. The molecule has 1 aromatic heterocycles. The molecule has 2 aliphatic rings. The Morgan fingerprint density at radius 2 is 2.25 bits per heavy atom. The van der Waals surface area contributed by atoms with Gasteiger partial charge in [-0.2, -0.15) is 0 Å². The van der Waals surface area contributed by atoms with Gasteiger partial charge in [0.25, 0.3) is 0 Å². The second kappa shape index (κ2) is 5.34. The molecule has 7 nitrogen and oxygen atoms in total. The molecule has 0 radical (unpaired) electrons. The van der Waals surface area contributed by atoms with E-state index >= 15 is 0 Å². The first-order chi connectivity index (χ1) is 11.4. The lowest BCUT2D eigenvalue weighted by atomic mass is 10.0. The highest BCUT2D eigenvalue weighted by molar-refractivity contribution is 7.18. The summed E-state index contributed by atoms with van der Waals surface area (Å²) in [6.07, 6.45) is 0.350. The van der Waals surface area contributed by atoms with Gasteiger partial charge in [0, 0.05) is 25.7 Å². The molecule has 2 fully saturated rings. The smallest absolute Gasteiger partial charge is 0.410 e. The molecule has 3 heterocycles. The summed E-state index contributed by atoms with van der Waals surface area (Å²) in [6.45, 7) is 3.49. The second-order valence-corrected chi connectivity index (χ2v) is 7.66. The van der Waals surface area contributed by atoms with Crippen LogP contribution in [-0.4, -0.2) is 59.2 Å². The fourth-order valence-electron chi connectivity index (χ4n) is 3.35. The number of amides is 3. The number of carbonyl (C=O) groups is 2. The van der Waals surface area contributed by atoms with Crippen LogP contribution < -0.4 is 5.32 Å². The second-order valence-electron chi connectivity index (χ2n) is 6.42. The van der Waals surface area contributed by atoms with Crippen molar-refractivity contribution in [3.63, 3.8) is 0 Å². The molecule has 4 rings (SSSR count). The maximum atomic E-state index is 12.5. The van der Waals surface area contributed by atoms with Crippen LogP contribution in [0, 0.1) is 6.92 Å². The van der Waals surface area contributed by atoms with Crippen LogP contribution in [0.25, 0.3) is 10.2 Å². The van der Waals surface area contributed by atoms with Gasteiger partial charge in [-0.25, -0.2) is 14.6 Å². The van der Waals surface area contributed by atoms with E-state index in [0.717, 1.165) is 20.9 Å². The lowest BCUT2D eigenvalue weighted by Crippen LogP contribution is -2.40. The lowest BCUT2D eigenvalue weighted by molar-refractivity contribution is 0.0663. The Balaban J connectivity index is 1.45. The zero-order valence-corrected chi connectivity index (χ0v) is 14.4. The van der Waals surface area contributed by atoms with E-state index in [-0.39, 0.29) is 12.1 Å². The van der Waals surface area contributed by atoms with Crippen LogP contribution in [0.4, 0.5) is 15.3 Å². The third kappa shape index (κ3) is 2.56. The topological polar surface area (TPSA) is 74.8 Å². The van der Waals surface area contributed by atoms with E-state index in [1.807, 2.05) is 25.1 Å². The number of hydrogen-bond donors (Lipinski definition) is 1. The van der Waals surface area contributed by atoms with E-state index in [9.17, 15) is 9.59 Å². The number of nitrogens with one attached hydrogen (secondary N) is 1. The minimum Gasteiger partial charge on any atom is -0.439 e. The molecule has 126 valence electrons. The molecule has 24 heavy (non-hydrogen) atoms. The summed E-state index contributed by atoms with van der Waals surface area (Å²) in [5, 5.41) is 3.91. The van der Waals surface area contributed by atoms with E-state index in [1.165, 1.54) is 0 Å². The SMILES string of the molecule is Cc1nc2cc(NC(=O)N3CC[C@@]4(CN(C)C(=O)O4)C3)ccc2s1. The van der Waals surface area contributed by atoms with Gasteiger partial charge in [0.2, 0.25) is 0 Å². The molecule has 2 saturated heterocycles. The number of ether oxygens (including phenoxy) is 1. The molecule has 0 saturated carbocycles. The van der Waals surface area contributed by atoms with E-state index in [0.29, 0.717) is 26.1 Å². The lowest BCUT2D eigenvalue weighted by Gasteiger charge is -2.22. The third-order valence-corrected chi connectivity index (χ3v) is 5.44. The zero-order chi connectivity index (χ0) is 16.9. The molecule has 0 unspecified atom stereocenters. The van der Waals surface area contributed by atoms with Crippen molar-refractivity contribution in [1.82, 2.24) is 14.8 Å². The fraction of sp³-hybridized carbons (Fsp3) is 0.438. The van der Waals surface area contributed by atoms with Crippen molar-refractivity contribution < 1.29 is 14.3 Å². The Morgan fingerprint density at radius 1 is 1.42 bits per heavy atom. The highest BCUT2D eigenvalue weighted by atomic mass is 32.1. The van der Waals surface area contributed by atoms with Crippen molar-refractivity contribution in [2.75, 3.05) is 32.0 Å². The number of thiazole rings is 1. The standard InChI is InChI=1S/C16H18N4O3S/c1-10-17-12-7-11(3-4-13(12)24-10)18-14(21)20-6-5-16(9-20)8-19(2)15(22)23-16/h3-4,7H,5-6,8-9H2,1-2H3,(H,18,21)/t16-/m1/s1. The normalized spacial score (nSPS) is 23.3. The fourth-order valence-corrected chi connectivity index (χ4v) is 4.15. The van der Waals surface area contributed by atoms with Gasteiger partial charge < -0.3 is 19.9 Å². The van der Waals surface area contributed by atoms with Crippen LogP contribution in [0.15, 0.2) is 18.2 Å². The zero-order valence-electron chi connectivity index (χ0n) is 13.5. The molecule has 1 spiro atoms. The van der Waals surface area contributed by atoms with E-state index in [2.05, 4.69) is 10.3 Å². The van der Waals surface area contributed by atoms with E-state index in [4.69, 9.17) is 4.74 Å². The monoisotopic (exact) mass is 346 g/mol. The largest absolute Gasteiger partial charge is 0.439 e. The Bertz CT molecular complexity index is 836. The first-order valence-corrected chi connectivity index (χ1v) is 8.63. The summed E-state index contributed by atoms with van der Waals surface area (Å²) >= 11 is 1.63. The van der Waals surface area contributed by atoms with Crippen molar-refractivity contribution in [3.05, 3.63) is 23.2 Å². The molecule has 1 atom stereocenters. The predicted octanol–water partition coefficient (Wildman–Crippen LogP) is 2.66. The maximum absolute atomic E-state index is 12.5. The molecule has 1 aromatic carbocycles. The van der Waals surface area contributed by atoms with Crippen molar-refractivity contribution in [1.29, 1.82) is 0 Å². The Hall–Kier alpha value is -2.35. The number of aryl methyl sites for hydroxylation is 1. The van der Waals surface area contributed by atoms with Crippen LogP contribution >= 0.6 is 11.3 Å². The van der Waals surface area contributed by atoms with Gasteiger partial charge >= 0.3 is 12.1 Å². The number of hydrogen-bond acceptors (Lipinski definition) is 5. The first kappa shape index (κ1) is 15.2. The van der Waals surface area contributed by atoms with Crippen LogP contribution in [0.1, 0.15) is 11.4 Å². The molecule has 2 aliphatic heterocycles. The van der Waals surface area contributed by atoms with Crippen molar-refractivity contribution >= 4 is 39.4 Å².